The van der Waals surface area contributed by atoms with E-state index in [1.807, 2.05) is 0 Å². The molecular formula is C28H36F4O. The molecule has 0 N–H and O–H groups in total. The number of benzene rings is 1. The molecule has 2 saturated carbocycles. The number of halogens is 4. The molecule has 2 aliphatic carbocycles. The van der Waals surface area contributed by atoms with Crippen molar-refractivity contribution < 1.29 is 22.3 Å². The van der Waals surface area contributed by atoms with Gasteiger partial charge in [0.1, 0.15) is 0 Å². The van der Waals surface area contributed by atoms with Crippen LogP contribution in [-0.2, 0) is 0 Å². The standard InChI is InChI=1S/C28H36F4O/c1-2-5-21-8-12-23(13-9-21)16-17-24-14-10-22(11-15-24)6-3-4-7-25-18-19-27(26(29)20-25)33-28(30,31)32/h3,6,18-24H,2,5,8-17H2,1H3/b6-3+. The smallest absolute Gasteiger partial charge is 0.403 e. The fourth-order valence-corrected chi connectivity index (χ4v) is 5.45. The Hall–Kier alpha value is -1.96. The van der Waals surface area contributed by atoms with Crippen LogP contribution < -0.4 is 4.74 Å². The van der Waals surface area contributed by atoms with Gasteiger partial charge in [0.15, 0.2) is 11.6 Å². The van der Waals surface area contributed by atoms with E-state index in [1.54, 1.807) is 6.08 Å². The lowest BCUT2D eigenvalue weighted by molar-refractivity contribution is -0.275. The van der Waals surface area contributed by atoms with Gasteiger partial charge in [-0.25, -0.2) is 4.39 Å². The lowest BCUT2D eigenvalue weighted by Gasteiger charge is -2.31. The molecule has 33 heavy (non-hydrogen) atoms. The van der Waals surface area contributed by atoms with Crippen LogP contribution >= 0.6 is 0 Å². The maximum atomic E-state index is 13.7. The fraction of sp³-hybridized carbons (Fsp3) is 0.643. The lowest BCUT2D eigenvalue weighted by atomic mass is 9.75. The molecule has 0 radical (unpaired) electrons. The van der Waals surface area contributed by atoms with Crippen molar-refractivity contribution in [2.45, 2.75) is 90.3 Å². The van der Waals surface area contributed by atoms with Crippen molar-refractivity contribution in [3.8, 4) is 17.6 Å². The number of alkyl halides is 3. The van der Waals surface area contributed by atoms with E-state index in [4.69, 9.17) is 0 Å². The molecular weight excluding hydrogens is 428 g/mol. The molecule has 182 valence electrons. The second-order valence-electron chi connectivity index (χ2n) is 9.86. The first kappa shape index (κ1) is 25.7. The first-order valence-electron chi connectivity index (χ1n) is 12.6. The van der Waals surface area contributed by atoms with Gasteiger partial charge in [0, 0.05) is 5.56 Å². The van der Waals surface area contributed by atoms with Gasteiger partial charge in [-0.3, -0.25) is 0 Å². The Balaban J connectivity index is 1.36. The van der Waals surface area contributed by atoms with E-state index in [2.05, 4.69) is 29.6 Å². The molecule has 2 fully saturated rings. The maximum Gasteiger partial charge on any atom is 0.573 e. The van der Waals surface area contributed by atoms with E-state index in [-0.39, 0.29) is 0 Å². The number of rotatable bonds is 7. The molecule has 0 spiro atoms. The molecule has 0 saturated heterocycles. The minimum Gasteiger partial charge on any atom is -0.403 e. The predicted octanol–water partition coefficient (Wildman–Crippen LogP) is 8.83. The van der Waals surface area contributed by atoms with Crippen molar-refractivity contribution in [2.75, 3.05) is 0 Å². The highest BCUT2D eigenvalue weighted by atomic mass is 19.4. The summed E-state index contributed by atoms with van der Waals surface area (Å²) in [5.41, 5.74) is 0.319. The summed E-state index contributed by atoms with van der Waals surface area (Å²) < 4.78 is 54.0. The minimum atomic E-state index is -4.91. The summed E-state index contributed by atoms with van der Waals surface area (Å²) in [4.78, 5) is 0. The van der Waals surface area contributed by atoms with Gasteiger partial charge in [0.05, 0.1) is 0 Å². The van der Waals surface area contributed by atoms with Gasteiger partial charge < -0.3 is 4.74 Å². The molecule has 1 aromatic carbocycles. The summed E-state index contributed by atoms with van der Waals surface area (Å²) in [6.07, 6.45) is 15.2. The molecule has 1 nitrogen and oxygen atoms in total. The first-order chi connectivity index (χ1) is 15.8. The van der Waals surface area contributed by atoms with Gasteiger partial charge in [0.25, 0.3) is 0 Å². The maximum absolute atomic E-state index is 13.7. The Bertz CT molecular complexity index is 817. The summed E-state index contributed by atoms with van der Waals surface area (Å²) in [5.74, 6) is 7.05. The molecule has 5 heteroatoms. The van der Waals surface area contributed by atoms with Crippen molar-refractivity contribution in [1.29, 1.82) is 0 Å². The van der Waals surface area contributed by atoms with Gasteiger partial charge in [-0.1, -0.05) is 76.2 Å². The summed E-state index contributed by atoms with van der Waals surface area (Å²) in [6, 6.07) is 3.24. The van der Waals surface area contributed by atoms with Gasteiger partial charge in [-0.2, -0.15) is 0 Å². The van der Waals surface area contributed by atoms with Gasteiger partial charge in [-0.05, 0) is 73.6 Å². The zero-order valence-corrected chi connectivity index (χ0v) is 19.6. The third kappa shape index (κ3) is 9.07. The van der Waals surface area contributed by atoms with Crippen molar-refractivity contribution in [3.05, 3.63) is 41.7 Å². The lowest BCUT2D eigenvalue weighted by Crippen LogP contribution is -2.17. The number of ether oxygens (including phenoxy) is 1. The zero-order chi connectivity index (χ0) is 23.7. The molecule has 0 unspecified atom stereocenters. The normalized spacial score (nSPS) is 26.1. The van der Waals surface area contributed by atoms with E-state index in [9.17, 15) is 17.6 Å². The van der Waals surface area contributed by atoms with Crippen LogP contribution in [0.4, 0.5) is 17.6 Å². The van der Waals surface area contributed by atoms with Crippen LogP contribution in [0.5, 0.6) is 5.75 Å². The van der Waals surface area contributed by atoms with Gasteiger partial charge >= 0.3 is 6.36 Å². The van der Waals surface area contributed by atoms with E-state index in [0.29, 0.717) is 11.5 Å². The van der Waals surface area contributed by atoms with Crippen LogP contribution in [0, 0.1) is 41.3 Å². The molecule has 0 aliphatic heterocycles. The molecule has 1 aromatic rings. The second-order valence-corrected chi connectivity index (χ2v) is 9.86. The monoisotopic (exact) mass is 464 g/mol. The highest BCUT2D eigenvalue weighted by Crippen LogP contribution is 2.37. The van der Waals surface area contributed by atoms with E-state index in [1.165, 1.54) is 83.1 Å². The van der Waals surface area contributed by atoms with Crippen LogP contribution in [-0.4, -0.2) is 6.36 Å². The Morgan fingerprint density at radius 1 is 0.909 bits per heavy atom. The average Bonchev–Trinajstić information content (AvgIpc) is 2.78. The average molecular weight is 465 g/mol. The summed E-state index contributed by atoms with van der Waals surface area (Å²) in [5, 5.41) is 0. The van der Waals surface area contributed by atoms with Crippen LogP contribution in [0.1, 0.15) is 89.5 Å². The number of allylic oxidation sites excluding steroid dienone is 2. The number of hydrogen-bond acceptors (Lipinski definition) is 1. The van der Waals surface area contributed by atoms with Crippen LogP contribution in [0.25, 0.3) is 0 Å². The van der Waals surface area contributed by atoms with Gasteiger partial charge in [0.2, 0.25) is 0 Å². The molecule has 0 aromatic heterocycles. The van der Waals surface area contributed by atoms with Crippen molar-refractivity contribution in [1.82, 2.24) is 0 Å². The van der Waals surface area contributed by atoms with E-state index in [0.717, 1.165) is 29.9 Å². The quantitative estimate of drug-likeness (QED) is 0.289. The Morgan fingerprint density at radius 3 is 2.03 bits per heavy atom. The highest BCUT2D eigenvalue weighted by Gasteiger charge is 2.32. The highest BCUT2D eigenvalue weighted by molar-refractivity contribution is 5.41. The SMILES string of the molecule is CCCC1CCC(CCC2CCC(/C=C/C#Cc3ccc(OC(F)(F)F)c(F)c3)CC2)CC1. The Morgan fingerprint density at radius 2 is 1.48 bits per heavy atom. The molecule has 0 atom stereocenters. The van der Waals surface area contributed by atoms with Crippen LogP contribution in [0.3, 0.4) is 0 Å². The Labute approximate surface area is 196 Å². The molecule has 3 rings (SSSR count). The molecule has 0 heterocycles. The first-order valence-corrected chi connectivity index (χ1v) is 12.6. The largest absolute Gasteiger partial charge is 0.573 e. The second kappa shape index (κ2) is 12.5. The summed E-state index contributed by atoms with van der Waals surface area (Å²) in [7, 11) is 0. The van der Waals surface area contributed by atoms with Crippen molar-refractivity contribution >= 4 is 0 Å². The van der Waals surface area contributed by atoms with Crippen LogP contribution in [0.15, 0.2) is 30.4 Å². The van der Waals surface area contributed by atoms with Crippen molar-refractivity contribution in [2.24, 2.45) is 23.7 Å². The fourth-order valence-electron chi connectivity index (χ4n) is 5.45. The molecule has 2 aliphatic rings. The van der Waals surface area contributed by atoms with E-state index < -0.39 is 17.9 Å². The van der Waals surface area contributed by atoms with Gasteiger partial charge in [-0.15, -0.1) is 13.2 Å². The third-order valence-corrected chi connectivity index (χ3v) is 7.36. The van der Waals surface area contributed by atoms with Crippen LogP contribution in [0.2, 0.25) is 0 Å². The Kier molecular flexibility index (Phi) is 9.71. The molecule has 0 bridgehead atoms. The van der Waals surface area contributed by atoms with Crippen molar-refractivity contribution in [3.63, 3.8) is 0 Å². The zero-order valence-electron chi connectivity index (χ0n) is 19.6. The third-order valence-electron chi connectivity index (χ3n) is 7.36. The minimum absolute atomic E-state index is 0.319. The summed E-state index contributed by atoms with van der Waals surface area (Å²) in [6.45, 7) is 2.30. The molecule has 0 amide bonds. The predicted molar refractivity (Wildman–Crippen MR) is 124 cm³/mol. The topological polar surface area (TPSA) is 9.23 Å². The van der Waals surface area contributed by atoms with E-state index >= 15 is 0 Å². The number of hydrogen-bond donors (Lipinski definition) is 0. The summed E-state index contributed by atoms with van der Waals surface area (Å²) >= 11 is 0.